The van der Waals surface area contributed by atoms with Gasteiger partial charge in [-0.15, -0.1) is 0 Å². The molecule has 0 aliphatic rings. The number of hydrogen-bond acceptors (Lipinski definition) is 3. The van der Waals surface area contributed by atoms with Crippen LogP contribution in [0.3, 0.4) is 0 Å². The number of rotatable bonds is 8. The van der Waals surface area contributed by atoms with Gasteiger partial charge in [-0.3, -0.25) is 4.79 Å². The number of carbonyl (C=O) groups excluding carboxylic acids is 2. The van der Waals surface area contributed by atoms with E-state index < -0.39 is 11.9 Å². The number of hydrogen-bond donors (Lipinski definition) is 3. The maximum atomic E-state index is 12.8. The fraction of sp³-hybridized carbons (Fsp3) is 0.263. The number of carbonyl (C=O) groups is 2. The summed E-state index contributed by atoms with van der Waals surface area (Å²) in [7, 11) is 0. The minimum absolute atomic E-state index is 0.219. The SMILES string of the molecule is CCCOc1ccc(Cl)cc1NC(=O)CNC(=O)NCc1ccc(F)cc1. The van der Waals surface area contributed by atoms with Crippen LogP contribution in [0.25, 0.3) is 0 Å². The second kappa shape index (κ2) is 10.4. The molecule has 3 N–H and O–H groups in total. The van der Waals surface area contributed by atoms with Gasteiger partial charge in [0.25, 0.3) is 0 Å². The van der Waals surface area contributed by atoms with Crippen molar-refractivity contribution in [2.75, 3.05) is 18.5 Å². The molecule has 2 aromatic carbocycles. The lowest BCUT2D eigenvalue weighted by Gasteiger charge is -2.13. The van der Waals surface area contributed by atoms with Gasteiger partial charge in [0.1, 0.15) is 11.6 Å². The fourth-order valence-corrected chi connectivity index (χ4v) is 2.31. The third kappa shape index (κ3) is 7.15. The van der Waals surface area contributed by atoms with Crippen LogP contribution >= 0.6 is 11.6 Å². The van der Waals surface area contributed by atoms with Gasteiger partial charge in [-0.25, -0.2) is 9.18 Å². The predicted octanol–water partition coefficient (Wildman–Crippen LogP) is 3.71. The summed E-state index contributed by atoms with van der Waals surface area (Å²) in [4.78, 5) is 23.9. The van der Waals surface area contributed by atoms with Crippen LogP contribution in [0, 0.1) is 5.82 Å². The first-order chi connectivity index (χ1) is 13.0. The first kappa shape index (κ1) is 20.5. The van der Waals surface area contributed by atoms with Crippen LogP contribution in [-0.4, -0.2) is 25.1 Å². The molecule has 8 heteroatoms. The third-order valence-electron chi connectivity index (χ3n) is 3.45. The molecule has 0 aromatic heterocycles. The predicted molar refractivity (Wildman–Crippen MR) is 103 cm³/mol. The smallest absolute Gasteiger partial charge is 0.315 e. The lowest BCUT2D eigenvalue weighted by Crippen LogP contribution is -2.39. The van der Waals surface area contributed by atoms with Crippen LogP contribution in [0.5, 0.6) is 5.75 Å². The van der Waals surface area contributed by atoms with E-state index in [-0.39, 0.29) is 18.9 Å². The molecule has 2 aromatic rings. The Bertz CT molecular complexity index is 784. The molecule has 144 valence electrons. The zero-order valence-electron chi connectivity index (χ0n) is 14.9. The van der Waals surface area contributed by atoms with E-state index in [9.17, 15) is 14.0 Å². The highest BCUT2D eigenvalue weighted by Crippen LogP contribution is 2.28. The molecule has 0 spiro atoms. The van der Waals surface area contributed by atoms with E-state index in [1.165, 1.54) is 12.1 Å². The quantitative estimate of drug-likeness (QED) is 0.639. The van der Waals surface area contributed by atoms with Crippen LogP contribution in [0.15, 0.2) is 42.5 Å². The summed E-state index contributed by atoms with van der Waals surface area (Å²) < 4.78 is 18.4. The Morgan fingerprint density at radius 1 is 1.11 bits per heavy atom. The number of benzene rings is 2. The Labute approximate surface area is 162 Å². The molecule has 0 aliphatic carbocycles. The summed E-state index contributed by atoms with van der Waals surface area (Å²) in [6.07, 6.45) is 0.825. The van der Waals surface area contributed by atoms with E-state index in [1.54, 1.807) is 30.3 Å². The molecule has 27 heavy (non-hydrogen) atoms. The van der Waals surface area contributed by atoms with Gasteiger partial charge in [-0.05, 0) is 42.3 Å². The molecule has 0 radical (unpaired) electrons. The molecule has 3 amide bonds. The van der Waals surface area contributed by atoms with E-state index >= 15 is 0 Å². The van der Waals surface area contributed by atoms with Crippen LogP contribution < -0.4 is 20.7 Å². The van der Waals surface area contributed by atoms with Gasteiger partial charge in [0.05, 0.1) is 18.8 Å². The van der Waals surface area contributed by atoms with Crippen molar-refractivity contribution < 1.29 is 18.7 Å². The van der Waals surface area contributed by atoms with Crippen molar-refractivity contribution in [1.82, 2.24) is 10.6 Å². The zero-order valence-corrected chi connectivity index (χ0v) is 15.6. The number of nitrogens with one attached hydrogen (secondary N) is 3. The zero-order chi connectivity index (χ0) is 19.6. The van der Waals surface area contributed by atoms with Crippen molar-refractivity contribution in [3.05, 3.63) is 58.9 Å². The summed E-state index contributed by atoms with van der Waals surface area (Å²) in [5, 5.41) is 8.16. The van der Waals surface area contributed by atoms with Gasteiger partial charge in [0, 0.05) is 11.6 Å². The standard InChI is InChI=1S/C19H21ClFN3O3/c1-2-9-27-17-8-5-14(20)10-16(17)24-18(25)12-23-19(26)22-11-13-3-6-15(21)7-4-13/h3-8,10H,2,9,11-12H2,1H3,(H,24,25)(H2,22,23,26). The topological polar surface area (TPSA) is 79.5 Å². The molecular formula is C19H21ClFN3O3. The number of amides is 3. The molecule has 0 unspecified atom stereocenters. The Morgan fingerprint density at radius 3 is 2.56 bits per heavy atom. The molecule has 2 rings (SSSR count). The first-order valence-corrected chi connectivity index (χ1v) is 8.84. The summed E-state index contributed by atoms with van der Waals surface area (Å²) in [5.41, 5.74) is 1.18. The summed E-state index contributed by atoms with van der Waals surface area (Å²) in [6.45, 7) is 2.48. The van der Waals surface area contributed by atoms with Crippen molar-refractivity contribution >= 4 is 29.2 Å². The number of urea groups is 1. The lowest BCUT2D eigenvalue weighted by molar-refractivity contribution is -0.115. The van der Waals surface area contributed by atoms with Crippen molar-refractivity contribution in [2.24, 2.45) is 0 Å². The largest absolute Gasteiger partial charge is 0.491 e. The van der Waals surface area contributed by atoms with Crippen molar-refractivity contribution in [2.45, 2.75) is 19.9 Å². The van der Waals surface area contributed by atoms with E-state index in [0.29, 0.717) is 23.1 Å². The maximum Gasteiger partial charge on any atom is 0.315 e. The maximum absolute atomic E-state index is 12.8. The Morgan fingerprint density at radius 2 is 1.85 bits per heavy atom. The average Bonchev–Trinajstić information content (AvgIpc) is 2.65. The second-order valence-corrected chi connectivity index (χ2v) is 6.14. The Kier molecular flexibility index (Phi) is 7.88. The van der Waals surface area contributed by atoms with Gasteiger partial charge in [0.15, 0.2) is 0 Å². The van der Waals surface area contributed by atoms with E-state index in [0.717, 1.165) is 12.0 Å². The van der Waals surface area contributed by atoms with Crippen molar-refractivity contribution in [3.8, 4) is 5.75 Å². The second-order valence-electron chi connectivity index (χ2n) is 5.70. The molecule has 6 nitrogen and oxygen atoms in total. The van der Waals surface area contributed by atoms with Gasteiger partial charge < -0.3 is 20.7 Å². The van der Waals surface area contributed by atoms with E-state index in [4.69, 9.17) is 16.3 Å². The molecule has 0 atom stereocenters. The minimum Gasteiger partial charge on any atom is -0.491 e. The van der Waals surface area contributed by atoms with Crippen molar-refractivity contribution in [3.63, 3.8) is 0 Å². The fourth-order valence-electron chi connectivity index (χ4n) is 2.14. The molecule has 0 saturated heterocycles. The molecular weight excluding hydrogens is 373 g/mol. The number of halogens is 2. The van der Waals surface area contributed by atoms with Crippen LogP contribution in [0.1, 0.15) is 18.9 Å². The Balaban J connectivity index is 1.80. The van der Waals surface area contributed by atoms with Crippen LogP contribution in [0.4, 0.5) is 14.9 Å². The molecule has 0 saturated carbocycles. The third-order valence-corrected chi connectivity index (χ3v) is 3.69. The number of ether oxygens (including phenoxy) is 1. The molecule has 0 fully saturated rings. The Hall–Kier alpha value is -2.80. The highest BCUT2D eigenvalue weighted by Gasteiger charge is 2.10. The van der Waals surface area contributed by atoms with Crippen LogP contribution in [-0.2, 0) is 11.3 Å². The monoisotopic (exact) mass is 393 g/mol. The number of anilines is 1. The van der Waals surface area contributed by atoms with Crippen LogP contribution in [0.2, 0.25) is 5.02 Å². The summed E-state index contributed by atoms with van der Waals surface area (Å²) in [5.74, 6) is -0.255. The van der Waals surface area contributed by atoms with E-state index in [2.05, 4.69) is 16.0 Å². The molecule has 0 heterocycles. The summed E-state index contributed by atoms with van der Waals surface area (Å²) >= 11 is 5.96. The first-order valence-electron chi connectivity index (χ1n) is 8.46. The minimum atomic E-state index is -0.511. The van der Waals surface area contributed by atoms with Gasteiger partial charge in [-0.1, -0.05) is 30.7 Å². The average molecular weight is 394 g/mol. The molecule has 0 aliphatic heterocycles. The highest BCUT2D eigenvalue weighted by molar-refractivity contribution is 6.31. The normalized spacial score (nSPS) is 10.2. The van der Waals surface area contributed by atoms with Gasteiger partial charge in [-0.2, -0.15) is 0 Å². The highest BCUT2D eigenvalue weighted by atomic mass is 35.5. The van der Waals surface area contributed by atoms with Gasteiger partial charge >= 0.3 is 6.03 Å². The molecule has 0 bridgehead atoms. The van der Waals surface area contributed by atoms with Crippen molar-refractivity contribution in [1.29, 1.82) is 0 Å². The van der Waals surface area contributed by atoms with E-state index in [1.807, 2.05) is 6.92 Å². The van der Waals surface area contributed by atoms with Gasteiger partial charge in [0.2, 0.25) is 5.91 Å². The lowest BCUT2D eigenvalue weighted by atomic mass is 10.2. The summed E-state index contributed by atoms with van der Waals surface area (Å²) in [6, 6.07) is 10.2.